The van der Waals surface area contributed by atoms with Gasteiger partial charge in [0.25, 0.3) is 6.43 Å². The predicted molar refractivity (Wildman–Crippen MR) is 120 cm³/mol. The lowest BCUT2D eigenvalue weighted by atomic mass is 9.99. The van der Waals surface area contributed by atoms with E-state index in [1.165, 1.54) is 12.3 Å². The lowest BCUT2D eigenvalue weighted by Crippen LogP contribution is -2.43. The van der Waals surface area contributed by atoms with Gasteiger partial charge in [-0.1, -0.05) is 0 Å². The molecule has 0 unspecified atom stereocenters. The molecule has 0 bridgehead atoms. The number of alkyl halides is 2. The highest BCUT2D eigenvalue weighted by Crippen LogP contribution is 2.35. The van der Waals surface area contributed by atoms with E-state index in [1.54, 1.807) is 22.9 Å². The molecule has 2 fully saturated rings. The first-order valence-electron chi connectivity index (χ1n) is 10.8. The molecule has 0 radical (unpaired) electrons. The number of fused-ring (bicyclic) bond motifs is 1. The summed E-state index contributed by atoms with van der Waals surface area (Å²) in [5.74, 6) is 0. The topological polar surface area (TPSA) is 75.2 Å². The number of halogens is 2. The Morgan fingerprint density at radius 1 is 0.969 bits per heavy atom. The molecular formula is C23H24F2N4O2S. The van der Waals surface area contributed by atoms with Gasteiger partial charge in [-0.2, -0.15) is 0 Å². The fraction of sp³-hybridized carbons (Fsp3) is 0.391. The van der Waals surface area contributed by atoms with Gasteiger partial charge in [-0.25, -0.2) is 21.5 Å². The third kappa shape index (κ3) is 4.19. The van der Waals surface area contributed by atoms with E-state index in [1.807, 2.05) is 18.2 Å². The molecule has 1 aromatic carbocycles. The average molecular weight is 459 g/mol. The quantitative estimate of drug-likeness (QED) is 0.584. The highest BCUT2D eigenvalue weighted by Gasteiger charge is 2.41. The molecule has 5 rings (SSSR count). The number of pyridine rings is 2. The van der Waals surface area contributed by atoms with Crippen LogP contribution in [0.5, 0.6) is 0 Å². The first-order chi connectivity index (χ1) is 15.4. The van der Waals surface area contributed by atoms with Crippen LogP contribution in [0.15, 0.2) is 49.1 Å². The number of rotatable bonds is 6. The number of nitrogens with zero attached hydrogens (tertiary/aromatic N) is 3. The van der Waals surface area contributed by atoms with E-state index in [-0.39, 0.29) is 16.9 Å². The van der Waals surface area contributed by atoms with Gasteiger partial charge >= 0.3 is 0 Å². The first-order valence-corrected chi connectivity index (χ1v) is 12.3. The standard InChI is InChI=1S/C23H24F2N4O2S/c24-23(25)18-10-17(12-27-13-18)16-9-15-3-6-26-14-21(15)22(11-16)28-19-4-7-29(8-5-19)32(30,31)20-1-2-20/h3,6,9-14,19-20,23,28H,1-2,4-5,7-8H2. The summed E-state index contributed by atoms with van der Waals surface area (Å²) in [6.07, 6.45) is 6.62. The molecule has 1 aliphatic heterocycles. The van der Waals surface area contributed by atoms with Crippen molar-refractivity contribution in [1.29, 1.82) is 0 Å². The van der Waals surface area contributed by atoms with Crippen molar-refractivity contribution in [3.8, 4) is 11.1 Å². The van der Waals surface area contributed by atoms with E-state index in [4.69, 9.17) is 0 Å². The van der Waals surface area contributed by atoms with Crippen LogP contribution in [0.1, 0.15) is 37.7 Å². The van der Waals surface area contributed by atoms with Crippen LogP contribution in [0.4, 0.5) is 14.5 Å². The minimum absolute atomic E-state index is 0.115. The van der Waals surface area contributed by atoms with Crippen LogP contribution in [0.25, 0.3) is 21.9 Å². The summed E-state index contributed by atoms with van der Waals surface area (Å²) < 4.78 is 53.0. The van der Waals surface area contributed by atoms with Gasteiger partial charge in [0.1, 0.15) is 0 Å². The molecule has 9 heteroatoms. The second kappa shape index (κ2) is 8.37. The molecule has 6 nitrogen and oxygen atoms in total. The van der Waals surface area contributed by atoms with Crippen molar-refractivity contribution >= 4 is 26.5 Å². The highest BCUT2D eigenvalue weighted by molar-refractivity contribution is 7.90. The van der Waals surface area contributed by atoms with E-state index in [9.17, 15) is 17.2 Å². The van der Waals surface area contributed by atoms with Crippen LogP contribution in [-0.2, 0) is 10.0 Å². The second-order valence-electron chi connectivity index (χ2n) is 8.49. The highest BCUT2D eigenvalue weighted by atomic mass is 32.2. The van der Waals surface area contributed by atoms with E-state index < -0.39 is 16.4 Å². The minimum Gasteiger partial charge on any atom is -0.382 e. The molecule has 3 heterocycles. The number of benzene rings is 1. The van der Waals surface area contributed by atoms with E-state index in [2.05, 4.69) is 15.3 Å². The van der Waals surface area contributed by atoms with Crippen molar-refractivity contribution in [2.24, 2.45) is 0 Å². The molecule has 3 aromatic rings. The summed E-state index contributed by atoms with van der Waals surface area (Å²) in [7, 11) is -3.15. The van der Waals surface area contributed by atoms with Crippen molar-refractivity contribution in [3.05, 3.63) is 54.6 Å². The molecule has 0 spiro atoms. The molecule has 1 saturated carbocycles. The van der Waals surface area contributed by atoms with Gasteiger partial charge in [0.2, 0.25) is 10.0 Å². The predicted octanol–water partition coefficient (Wildman–Crippen LogP) is 4.60. The normalized spacial score (nSPS) is 18.3. The Hall–Kier alpha value is -2.65. The molecule has 2 aliphatic rings. The maximum Gasteiger partial charge on any atom is 0.265 e. The Kier molecular flexibility index (Phi) is 5.54. The Morgan fingerprint density at radius 2 is 1.75 bits per heavy atom. The summed E-state index contributed by atoms with van der Waals surface area (Å²) in [6.45, 7) is 1.01. The number of sulfonamides is 1. The smallest absolute Gasteiger partial charge is 0.265 e. The fourth-order valence-electron chi connectivity index (χ4n) is 4.27. The van der Waals surface area contributed by atoms with Crippen LogP contribution < -0.4 is 5.32 Å². The maximum atomic E-state index is 13.2. The summed E-state index contributed by atoms with van der Waals surface area (Å²) in [5, 5.41) is 5.25. The van der Waals surface area contributed by atoms with Gasteiger partial charge in [-0.3, -0.25) is 9.97 Å². The van der Waals surface area contributed by atoms with Gasteiger partial charge in [0, 0.05) is 66.1 Å². The lowest BCUT2D eigenvalue weighted by molar-refractivity contribution is 0.151. The Balaban J connectivity index is 1.41. The molecule has 0 amide bonds. The van der Waals surface area contributed by atoms with Crippen molar-refractivity contribution in [1.82, 2.24) is 14.3 Å². The first kappa shape index (κ1) is 21.2. The third-order valence-electron chi connectivity index (χ3n) is 6.22. The number of hydrogen-bond donors (Lipinski definition) is 1. The summed E-state index contributed by atoms with van der Waals surface area (Å²) in [5.41, 5.74) is 2.15. The minimum atomic E-state index is -3.15. The zero-order valence-electron chi connectivity index (χ0n) is 17.4. The zero-order valence-corrected chi connectivity index (χ0v) is 18.2. The number of hydrogen-bond acceptors (Lipinski definition) is 5. The van der Waals surface area contributed by atoms with Crippen LogP contribution >= 0.6 is 0 Å². The largest absolute Gasteiger partial charge is 0.382 e. The Labute approximate surface area is 185 Å². The van der Waals surface area contributed by atoms with E-state index in [0.29, 0.717) is 31.5 Å². The number of aromatic nitrogens is 2. The van der Waals surface area contributed by atoms with Crippen LogP contribution in [0.3, 0.4) is 0 Å². The van der Waals surface area contributed by atoms with E-state index >= 15 is 0 Å². The third-order valence-corrected chi connectivity index (χ3v) is 8.62. The zero-order chi connectivity index (χ0) is 22.3. The van der Waals surface area contributed by atoms with Crippen molar-refractivity contribution < 1.29 is 17.2 Å². The molecule has 1 N–H and O–H groups in total. The Morgan fingerprint density at radius 3 is 2.47 bits per heavy atom. The van der Waals surface area contributed by atoms with Gasteiger partial charge in [-0.05, 0) is 60.9 Å². The molecule has 0 atom stereocenters. The van der Waals surface area contributed by atoms with E-state index in [0.717, 1.165) is 34.9 Å². The van der Waals surface area contributed by atoms with Gasteiger partial charge < -0.3 is 5.32 Å². The summed E-state index contributed by atoms with van der Waals surface area (Å²) in [6, 6.07) is 7.34. The second-order valence-corrected chi connectivity index (χ2v) is 10.7. The molecular weight excluding hydrogens is 434 g/mol. The lowest BCUT2D eigenvalue weighted by Gasteiger charge is -2.32. The molecule has 1 saturated heterocycles. The maximum absolute atomic E-state index is 13.2. The number of nitrogens with one attached hydrogen (secondary N) is 1. The molecule has 1 aliphatic carbocycles. The Bertz CT molecular complexity index is 1240. The molecule has 168 valence electrons. The van der Waals surface area contributed by atoms with Crippen LogP contribution in [0.2, 0.25) is 0 Å². The number of anilines is 1. The number of piperidine rings is 1. The van der Waals surface area contributed by atoms with Crippen LogP contribution in [0, 0.1) is 0 Å². The summed E-state index contributed by atoms with van der Waals surface area (Å²) >= 11 is 0. The van der Waals surface area contributed by atoms with Gasteiger partial charge in [0.05, 0.1) is 5.25 Å². The average Bonchev–Trinajstić information content (AvgIpc) is 3.66. The molecule has 32 heavy (non-hydrogen) atoms. The van der Waals surface area contributed by atoms with Crippen molar-refractivity contribution in [3.63, 3.8) is 0 Å². The van der Waals surface area contributed by atoms with Crippen molar-refractivity contribution in [2.75, 3.05) is 18.4 Å². The van der Waals surface area contributed by atoms with Gasteiger partial charge in [-0.15, -0.1) is 0 Å². The SMILES string of the molecule is O=S(=O)(C1CC1)N1CCC(Nc2cc(-c3cncc(C(F)F)c3)cc3ccncc23)CC1. The monoisotopic (exact) mass is 458 g/mol. The fourth-order valence-corrected chi connectivity index (χ4v) is 6.14. The van der Waals surface area contributed by atoms with Crippen molar-refractivity contribution in [2.45, 2.75) is 43.4 Å². The summed E-state index contributed by atoms with van der Waals surface area (Å²) in [4.78, 5) is 8.22. The van der Waals surface area contributed by atoms with Gasteiger partial charge in [0.15, 0.2) is 0 Å². The molecule has 2 aromatic heterocycles. The van der Waals surface area contributed by atoms with Crippen LogP contribution in [-0.4, -0.2) is 47.1 Å².